The van der Waals surface area contributed by atoms with E-state index in [0.29, 0.717) is 0 Å². The maximum absolute atomic E-state index is 13.7. The van der Waals surface area contributed by atoms with Gasteiger partial charge in [-0.3, -0.25) is 4.79 Å². The lowest BCUT2D eigenvalue weighted by Gasteiger charge is -2.29. The first-order valence-electron chi connectivity index (χ1n) is 7.22. The summed E-state index contributed by atoms with van der Waals surface area (Å²) in [6.07, 6.45) is 0. The average molecular weight is 321 g/mol. The molecule has 0 radical (unpaired) electrons. The van der Waals surface area contributed by atoms with E-state index < -0.39 is 17.1 Å². The molecule has 0 saturated heterocycles. The van der Waals surface area contributed by atoms with Crippen molar-refractivity contribution >= 4 is 5.91 Å². The third kappa shape index (κ3) is 3.78. The van der Waals surface area contributed by atoms with E-state index in [1.54, 1.807) is 32.2 Å². The SMILES string of the molecule is CN(CC(C)(CO)CO)C(=O)c1ccc(-c2ccccc2F)o1. The van der Waals surface area contributed by atoms with Gasteiger partial charge in [0.25, 0.3) is 5.91 Å². The topological polar surface area (TPSA) is 73.9 Å². The Morgan fingerprint density at radius 2 is 1.87 bits per heavy atom. The third-order valence-electron chi connectivity index (χ3n) is 3.69. The molecule has 6 heteroatoms. The van der Waals surface area contributed by atoms with Crippen molar-refractivity contribution in [2.75, 3.05) is 26.8 Å². The van der Waals surface area contributed by atoms with E-state index in [-0.39, 0.29) is 36.8 Å². The van der Waals surface area contributed by atoms with Crippen LogP contribution in [0, 0.1) is 11.2 Å². The van der Waals surface area contributed by atoms with Gasteiger partial charge in [0.1, 0.15) is 11.6 Å². The van der Waals surface area contributed by atoms with Gasteiger partial charge in [0, 0.05) is 19.0 Å². The van der Waals surface area contributed by atoms with E-state index in [2.05, 4.69) is 0 Å². The first kappa shape index (κ1) is 17.2. The van der Waals surface area contributed by atoms with Crippen molar-refractivity contribution in [1.29, 1.82) is 0 Å². The van der Waals surface area contributed by atoms with Crippen LogP contribution in [0.2, 0.25) is 0 Å². The number of nitrogens with zero attached hydrogens (tertiary/aromatic N) is 1. The molecule has 2 N–H and O–H groups in total. The molecule has 0 aliphatic carbocycles. The number of hydrogen-bond donors (Lipinski definition) is 2. The predicted octanol–water partition coefficient (Wildman–Crippen LogP) is 2.15. The second kappa shape index (κ2) is 6.93. The van der Waals surface area contributed by atoms with Crippen LogP contribution in [0.3, 0.4) is 0 Å². The molecule has 23 heavy (non-hydrogen) atoms. The zero-order chi connectivity index (χ0) is 17.0. The highest BCUT2D eigenvalue weighted by Crippen LogP contribution is 2.25. The van der Waals surface area contributed by atoms with Crippen LogP contribution in [0.25, 0.3) is 11.3 Å². The van der Waals surface area contributed by atoms with E-state index >= 15 is 0 Å². The molecule has 0 spiro atoms. The minimum atomic E-state index is -0.800. The van der Waals surface area contributed by atoms with Gasteiger partial charge in [0.05, 0.1) is 18.8 Å². The van der Waals surface area contributed by atoms with Crippen molar-refractivity contribution in [2.24, 2.45) is 5.41 Å². The Morgan fingerprint density at radius 3 is 2.48 bits per heavy atom. The summed E-state index contributed by atoms with van der Waals surface area (Å²) in [6.45, 7) is 1.33. The molecule has 0 bridgehead atoms. The molecule has 1 aromatic carbocycles. The highest BCUT2D eigenvalue weighted by atomic mass is 19.1. The summed E-state index contributed by atoms with van der Waals surface area (Å²) in [5.41, 5.74) is -0.518. The van der Waals surface area contributed by atoms with E-state index in [1.165, 1.54) is 23.1 Å². The number of carbonyl (C=O) groups is 1. The number of halogens is 1. The van der Waals surface area contributed by atoms with Crippen LogP contribution in [-0.4, -0.2) is 47.8 Å². The Hall–Kier alpha value is -2.18. The molecule has 2 aromatic rings. The molecule has 0 atom stereocenters. The number of hydrogen-bond acceptors (Lipinski definition) is 4. The third-order valence-corrected chi connectivity index (χ3v) is 3.69. The lowest BCUT2D eigenvalue weighted by Crippen LogP contribution is -2.41. The van der Waals surface area contributed by atoms with Gasteiger partial charge in [-0.1, -0.05) is 19.1 Å². The molecular weight excluding hydrogens is 301 g/mol. The summed E-state index contributed by atoms with van der Waals surface area (Å²) in [5.74, 6) is -0.487. The summed E-state index contributed by atoms with van der Waals surface area (Å²) in [4.78, 5) is 13.7. The second-order valence-electron chi connectivity index (χ2n) is 5.93. The molecule has 1 amide bonds. The van der Waals surface area contributed by atoms with Crippen LogP contribution in [0.15, 0.2) is 40.8 Å². The lowest BCUT2D eigenvalue weighted by atomic mass is 9.92. The second-order valence-corrected chi connectivity index (χ2v) is 5.93. The minimum Gasteiger partial charge on any atom is -0.451 e. The molecule has 0 fully saturated rings. The summed E-state index contributed by atoms with van der Waals surface area (Å²) in [6, 6.07) is 9.17. The molecule has 5 nitrogen and oxygen atoms in total. The molecule has 124 valence electrons. The molecule has 2 rings (SSSR count). The number of aliphatic hydroxyl groups excluding tert-OH is 2. The van der Waals surface area contributed by atoms with Gasteiger partial charge in [-0.25, -0.2) is 4.39 Å². The highest BCUT2D eigenvalue weighted by molar-refractivity contribution is 5.92. The maximum atomic E-state index is 13.7. The number of furan rings is 1. The van der Waals surface area contributed by atoms with Gasteiger partial charge in [-0.15, -0.1) is 0 Å². The van der Waals surface area contributed by atoms with Crippen molar-refractivity contribution in [3.8, 4) is 11.3 Å². The van der Waals surface area contributed by atoms with Crippen molar-refractivity contribution in [3.05, 3.63) is 48.0 Å². The van der Waals surface area contributed by atoms with E-state index in [4.69, 9.17) is 4.42 Å². The average Bonchev–Trinajstić information content (AvgIpc) is 3.04. The van der Waals surface area contributed by atoms with Crippen molar-refractivity contribution in [1.82, 2.24) is 4.90 Å². The number of aliphatic hydroxyl groups is 2. The normalized spacial score (nSPS) is 11.5. The smallest absolute Gasteiger partial charge is 0.289 e. The molecule has 1 heterocycles. The summed E-state index contributed by atoms with van der Waals surface area (Å²) in [7, 11) is 1.55. The lowest BCUT2D eigenvalue weighted by molar-refractivity contribution is 0.0352. The molecule has 1 aromatic heterocycles. The number of rotatable bonds is 6. The summed E-state index contributed by atoms with van der Waals surface area (Å²) < 4.78 is 19.2. The summed E-state index contributed by atoms with van der Waals surface area (Å²) >= 11 is 0. The van der Waals surface area contributed by atoms with Crippen molar-refractivity contribution in [3.63, 3.8) is 0 Å². The number of benzene rings is 1. The first-order valence-corrected chi connectivity index (χ1v) is 7.22. The Bertz CT molecular complexity index is 679. The van der Waals surface area contributed by atoms with Gasteiger partial charge < -0.3 is 19.5 Å². The van der Waals surface area contributed by atoms with Crippen molar-refractivity contribution in [2.45, 2.75) is 6.92 Å². The molecule has 0 aliphatic rings. The zero-order valence-corrected chi connectivity index (χ0v) is 13.1. The number of carbonyl (C=O) groups excluding carboxylic acids is 1. The van der Waals surface area contributed by atoms with Crippen LogP contribution < -0.4 is 0 Å². The van der Waals surface area contributed by atoms with Gasteiger partial charge in [-0.05, 0) is 24.3 Å². The molecule has 0 aliphatic heterocycles. The number of amides is 1. The molecular formula is C17H20FNO4. The Balaban J connectivity index is 2.17. The van der Waals surface area contributed by atoms with Crippen LogP contribution in [0.1, 0.15) is 17.5 Å². The fourth-order valence-electron chi connectivity index (χ4n) is 2.24. The fourth-order valence-corrected chi connectivity index (χ4v) is 2.24. The quantitative estimate of drug-likeness (QED) is 0.855. The monoisotopic (exact) mass is 321 g/mol. The van der Waals surface area contributed by atoms with Gasteiger partial charge >= 0.3 is 0 Å². The Labute approximate surface area is 134 Å². The van der Waals surface area contributed by atoms with Gasteiger partial charge in [0.2, 0.25) is 0 Å². The Kier molecular flexibility index (Phi) is 5.18. The molecule has 0 saturated carbocycles. The standard InChI is InChI=1S/C17H20FNO4/c1-17(10-20,11-21)9-19(2)16(22)15-8-7-14(23-15)12-5-3-4-6-13(12)18/h3-8,20-21H,9-11H2,1-2H3. The van der Waals surface area contributed by atoms with Crippen LogP contribution in [0.4, 0.5) is 4.39 Å². The fraction of sp³-hybridized carbons (Fsp3) is 0.353. The Morgan fingerprint density at radius 1 is 1.22 bits per heavy atom. The van der Waals surface area contributed by atoms with E-state index in [1.807, 2.05) is 0 Å². The molecule has 0 unspecified atom stereocenters. The van der Waals surface area contributed by atoms with Gasteiger partial charge in [0.15, 0.2) is 5.76 Å². The largest absolute Gasteiger partial charge is 0.451 e. The summed E-state index contributed by atoms with van der Waals surface area (Å²) in [5, 5.41) is 18.6. The van der Waals surface area contributed by atoms with Crippen molar-refractivity contribution < 1.29 is 23.8 Å². The van der Waals surface area contributed by atoms with E-state index in [9.17, 15) is 19.4 Å². The van der Waals surface area contributed by atoms with Crippen LogP contribution >= 0.6 is 0 Å². The van der Waals surface area contributed by atoms with E-state index in [0.717, 1.165) is 0 Å². The highest BCUT2D eigenvalue weighted by Gasteiger charge is 2.28. The zero-order valence-electron chi connectivity index (χ0n) is 13.1. The minimum absolute atomic E-state index is 0.0731. The maximum Gasteiger partial charge on any atom is 0.289 e. The van der Waals surface area contributed by atoms with Crippen LogP contribution in [0.5, 0.6) is 0 Å². The van der Waals surface area contributed by atoms with Crippen LogP contribution in [-0.2, 0) is 0 Å². The van der Waals surface area contributed by atoms with Gasteiger partial charge in [-0.2, -0.15) is 0 Å². The predicted molar refractivity (Wildman–Crippen MR) is 83.3 cm³/mol. The first-order chi connectivity index (χ1) is 10.9.